The normalized spacial score (nSPS) is 14.3. The molecule has 56 valence electrons. The van der Waals surface area contributed by atoms with Crippen molar-refractivity contribution in [2.45, 2.75) is 32.7 Å². The Balaban J connectivity index is 3.16. The molecular formula is C6H13F2N. The van der Waals surface area contributed by atoms with Crippen molar-refractivity contribution >= 4 is 0 Å². The summed E-state index contributed by atoms with van der Waals surface area (Å²) < 4.78 is 23.4. The third kappa shape index (κ3) is 4.33. The zero-order valence-electron chi connectivity index (χ0n) is 5.82. The predicted molar refractivity (Wildman–Crippen MR) is 33.8 cm³/mol. The van der Waals surface area contributed by atoms with Gasteiger partial charge in [-0.15, -0.1) is 0 Å². The van der Waals surface area contributed by atoms with Crippen molar-refractivity contribution in [2.24, 2.45) is 0 Å². The highest BCUT2D eigenvalue weighted by Gasteiger charge is 2.11. The number of hydrogen-bond donors (Lipinski definition) is 1. The minimum absolute atomic E-state index is 0.662. The number of nitrogens with one attached hydrogen (secondary N) is 1. The largest absolute Gasteiger partial charge is 0.309 e. The number of hydrogen-bond acceptors (Lipinski definition) is 1. The second-order valence-electron chi connectivity index (χ2n) is 2.08. The summed E-state index contributed by atoms with van der Waals surface area (Å²) >= 11 is 0. The highest BCUT2D eigenvalue weighted by Crippen LogP contribution is 1.98. The summed E-state index contributed by atoms with van der Waals surface area (Å²) in [6, 6.07) is -0.662. The van der Waals surface area contributed by atoms with E-state index in [4.69, 9.17) is 0 Å². The van der Waals surface area contributed by atoms with Crippen LogP contribution in [0.1, 0.15) is 20.3 Å². The molecule has 0 rings (SSSR count). The molecule has 0 unspecified atom stereocenters. The number of rotatable bonds is 4. The van der Waals surface area contributed by atoms with Crippen molar-refractivity contribution < 1.29 is 8.78 Å². The Morgan fingerprint density at radius 2 is 2.00 bits per heavy atom. The van der Waals surface area contributed by atoms with Crippen LogP contribution < -0.4 is 5.32 Å². The third-order valence-corrected chi connectivity index (χ3v) is 1.09. The molecule has 0 aromatic carbocycles. The van der Waals surface area contributed by atoms with Crippen LogP contribution in [-0.2, 0) is 0 Å². The van der Waals surface area contributed by atoms with Crippen LogP contribution in [0.4, 0.5) is 8.78 Å². The fraction of sp³-hybridized carbons (Fsp3) is 1.00. The average molecular weight is 137 g/mol. The molecule has 1 atom stereocenters. The fourth-order valence-electron chi connectivity index (χ4n) is 0.461. The molecule has 0 bridgehead atoms. The molecule has 0 saturated heterocycles. The van der Waals surface area contributed by atoms with Crippen molar-refractivity contribution in [3.8, 4) is 0 Å². The Kier molecular flexibility index (Phi) is 4.58. The van der Waals surface area contributed by atoms with E-state index in [-0.39, 0.29) is 0 Å². The smallest absolute Gasteiger partial charge is 0.253 e. The molecule has 0 aromatic heterocycles. The number of halogens is 2. The molecule has 0 aliphatic rings. The first kappa shape index (κ1) is 8.82. The first-order valence-electron chi connectivity index (χ1n) is 3.20. The van der Waals surface area contributed by atoms with Crippen LogP contribution in [0.3, 0.4) is 0 Å². The Labute approximate surface area is 54.4 Å². The first-order chi connectivity index (χ1) is 4.18. The van der Waals surface area contributed by atoms with Crippen molar-refractivity contribution in [3.05, 3.63) is 0 Å². The van der Waals surface area contributed by atoms with E-state index in [0.29, 0.717) is 6.54 Å². The van der Waals surface area contributed by atoms with Gasteiger partial charge in [0, 0.05) is 0 Å². The van der Waals surface area contributed by atoms with Crippen LogP contribution in [-0.4, -0.2) is 19.0 Å². The Morgan fingerprint density at radius 1 is 1.44 bits per heavy atom. The highest BCUT2D eigenvalue weighted by molar-refractivity contribution is 4.60. The monoisotopic (exact) mass is 137 g/mol. The lowest BCUT2D eigenvalue weighted by atomic mass is 10.3. The Bertz CT molecular complexity index is 66.1. The molecule has 0 aliphatic carbocycles. The van der Waals surface area contributed by atoms with Gasteiger partial charge in [-0.1, -0.05) is 6.92 Å². The molecule has 0 spiro atoms. The zero-order valence-corrected chi connectivity index (χ0v) is 5.82. The van der Waals surface area contributed by atoms with Crippen LogP contribution in [0.15, 0.2) is 0 Å². The summed E-state index contributed by atoms with van der Waals surface area (Å²) in [6.45, 7) is 4.11. The molecule has 0 fully saturated rings. The molecular weight excluding hydrogens is 124 g/mol. The Morgan fingerprint density at radius 3 is 2.33 bits per heavy atom. The van der Waals surface area contributed by atoms with E-state index in [1.807, 2.05) is 6.92 Å². The fourth-order valence-corrected chi connectivity index (χ4v) is 0.461. The summed E-state index contributed by atoms with van der Waals surface area (Å²) in [4.78, 5) is 0. The molecule has 0 amide bonds. The van der Waals surface area contributed by atoms with Gasteiger partial charge in [0.05, 0.1) is 6.04 Å². The van der Waals surface area contributed by atoms with E-state index in [2.05, 4.69) is 5.32 Å². The van der Waals surface area contributed by atoms with Gasteiger partial charge in [0.25, 0.3) is 6.43 Å². The van der Waals surface area contributed by atoms with Gasteiger partial charge in [-0.05, 0) is 19.9 Å². The average Bonchev–Trinajstić information content (AvgIpc) is 1.82. The summed E-state index contributed by atoms with van der Waals surface area (Å²) in [5.41, 5.74) is 0. The van der Waals surface area contributed by atoms with Gasteiger partial charge in [-0.2, -0.15) is 0 Å². The lowest BCUT2D eigenvalue weighted by molar-refractivity contribution is 0.106. The zero-order chi connectivity index (χ0) is 7.28. The second kappa shape index (κ2) is 4.68. The standard InChI is InChI=1S/C6H13F2N/c1-3-4-9-5(2)6(7)8/h5-6,9H,3-4H2,1-2H3/t5-/m1/s1. The maximum absolute atomic E-state index is 11.7. The van der Waals surface area contributed by atoms with E-state index in [1.165, 1.54) is 6.92 Å². The lowest BCUT2D eigenvalue weighted by Gasteiger charge is -2.10. The lowest BCUT2D eigenvalue weighted by Crippen LogP contribution is -2.32. The molecule has 0 heterocycles. The topological polar surface area (TPSA) is 12.0 Å². The van der Waals surface area contributed by atoms with Crippen LogP contribution in [0.5, 0.6) is 0 Å². The number of alkyl halides is 2. The Hall–Kier alpha value is -0.180. The van der Waals surface area contributed by atoms with Gasteiger partial charge < -0.3 is 5.32 Å². The van der Waals surface area contributed by atoms with Crippen LogP contribution in [0.25, 0.3) is 0 Å². The maximum atomic E-state index is 11.7. The molecule has 0 radical (unpaired) electrons. The first-order valence-corrected chi connectivity index (χ1v) is 3.20. The second-order valence-corrected chi connectivity index (χ2v) is 2.08. The van der Waals surface area contributed by atoms with Gasteiger partial charge in [0.1, 0.15) is 0 Å². The van der Waals surface area contributed by atoms with E-state index >= 15 is 0 Å². The van der Waals surface area contributed by atoms with Gasteiger partial charge in [0.2, 0.25) is 0 Å². The van der Waals surface area contributed by atoms with Gasteiger partial charge in [-0.25, -0.2) is 8.78 Å². The van der Waals surface area contributed by atoms with Crippen molar-refractivity contribution in [1.29, 1.82) is 0 Å². The highest BCUT2D eigenvalue weighted by atomic mass is 19.3. The molecule has 0 saturated carbocycles. The molecule has 9 heavy (non-hydrogen) atoms. The molecule has 1 N–H and O–H groups in total. The SMILES string of the molecule is CCCN[C@H](C)C(F)F. The van der Waals surface area contributed by atoms with Gasteiger partial charge in [-0.3, -0.25) is 0 Å². The minimum Gasteiger partial charge on any atom is -0.309 e. The molecule has 3 heteroatoms. The van der Waals surface area contributed by atoms with Crippen molar-refractivity contribution in [2.75, 3.05) is 6.54 Å². The maximum Gasteiger partial charge on any atom is 0.253 e. The van der Waals surface area contributed by atoms with Gasteiger partial charge in [0.15, 0.2) is 0 Å². The van der Waals surface area contributed by atoms with Crippen LogP contribution in [0, 0.1) is 0 Å². The van der Waals surface area contributed by atoms with Crippen molar-refractivity contribution in [3.63, 3.8) is 0 Å². The summed E-state index contributed by atoms with van der Waals surface area (Å²) in [7, 11) is 0. The summed E-state index contributed by atoms with van der Waals surface area (Å²) in [6.07, 6.45) is -1.34. The van der Waals surface area contributed by atoms with E-state index in [0.717, 1.165) is 6.42 Å². The third-order valence-electron chi connectivity index (χ3n) is 1.09. The van der Waals surface area contributed by atoms with E-state index in [1.54, 1.807) is 0 Å². The van der Waals surface area contributed by atoms with Gasteiger partial charge >= 0.3 is 0 Å². The quantitative estimate of drug-likeness (QED) is 0.621. The van der Waals surface area contributed by atoms with E-state index < -0.39 is 12.5 Å². The molecule has 1 nitrogen and oxygen atoms in total. The van der Waals surface area contributed by atoms with Crippen LogP contribution in [0.2, 0.25) is 0 Å². The van der Waals surface area contributed by atoms with E-state index in [9.17, 15) is 8.78 Å². The summed E-state index contributed by atoms with van der Waals surface area (Å²) in [5, 5.41) is 2.68. The van der Waals surface area contributed by atoms with Crippen molar-refractivity contribution in [1.82, 2.24) is 5.32 Å². The summed E-state index contributed by atoms with van der Waals surface area (Å²) in [5.74, 6) is 0. The van der Waals surface area contributed by atoms with Crippen LogP contribution >= 0.6 is 0 Å². The predicted octanol–water partition coefficient (Wildman–Crippen LogP) is 1.64. The molecule has 0 aromatic rings. The molecule has 0 aliphatic heterocycles. The minimum atomic E-state index is -2.24.